The summed E-state index contributed by atoms with van der Waals surface area (Å²) in [5.41, 5.74) is 2.57. The molecule has 3 aromatic rings. The van der Waals surface area contributed by atoms with Crippen LogP contribution in [0.3, 0.4) is 0 Å². The van der Waals surface area contributed by atoms with Gasteiger partial charge in [0.15, 0.2) is 6.39 Å². The Balaban J connectivity index is 2.06. The minimum Gasteiger partial charge on any atom is -0.478 e. The van der Waals surface area contributed by atoms with Crippen LogP contribution in [0.15, 0.2) is 41.6 Å². The number of fused-ring (bicyclic) bond motifs is 1. The number of rotatable bonds is 3. The molecule has 0 amide bonds. The first kappa shape index (κ1) is 10.5. The Kier molecular flexibility index (Phi) is 2.33. The van der Waals surface area contributed by atoms with Crippen molar-refractivity contribution in [3.63, 3.8) is 0 Å². The summed E-state index contributed by atoms with van der Waals surface area (Å²) >= 11 is 0. The number of nitrogens with zero attached hydrogens (tertiary/aromatic N) is 3. The standard InChI is InChI=1S/C12H9N3O3/c16-12(17)8-1-2-11-13-4-10(15(11)5-8)3-9-6-18-7-14-9/h1-2,4-7H,3H2,(H,16,17). The van der Waals surface area contributed by atoms with E-state index in [4.69, 9.17) is 9.52 Å². The Hall–Kier alpha value is -2.63. The predicted molar refractivity (Wildman–Crippen MR) is 61.5 cm³/mol. The molecule has 18 heavy (non-hydrogen) atoms. The minimum atomic E-state index is -0.960. The molecule has 0 radical (unpaired) electrons. The lowest BCUT2D eigenvalue weighted by Crippen LogP contribution is -2.01. The van der Waals surface area contributed by atoms with Crippen LogP contribution >= 0.6 is 0 Å². The molecule has 1 N–H and O–H groups in total. The van der Waals surface area contributed by atoms with Crippen LogP contribution in [0, 0.1) is 0 Å². The zero-order valence-electron chi connectivity index (χ0n) is 9.28. The maximum atomic E-state index is 10.9. The molecule has 0 aliphatic carbocycles. The topological polar surface area (TPSA) is 80.6 Å². The van der Waals surface area contributed by atoms with Gasteiger partial charge in [-0.1, -0.05) is 0 Å². The van der Waals surface area contributed by atoms with Gasteiger partial charge in [0.1, 0.15) is 11.9 Å². The highest BCUT2D eigenvalue weighted by Crippen LogP contribution is 2.12. The first-order valence-corrected chi connectivity index (χ1v) is 5.30. The number of carboxylic acid groups (broad SMARTS) is 1. The van der Waals surface area contributed by atoms with Gasteiger partial charge in [-0.25, -0.2) is 14.8 Å². The molecule has 0 unspecified atom stereocenters. The molecule has 0 spiro atoms. The second kappa shape index (κ2) is 3.99. The highest BCUT2D eigenvalue weighted by molar-refractivity contribution is 5.87. The molecule has 0 aromatic carbocycles. The number of hydrogen-bond acceptors (Lipinski definition) is 4. The number of aromatic nitrogens is 3. The maximum Gasteiger partial charge on any atom is 0.337 e. The molecule has 3 heterocycles. The van der Waals surface area contributed by atoms with Gasteiger partial charge in [0.25, 0.3) is 0 Å². The number of pyridine rings is 1. The number of carbonyl (C=O) groups is 1. The highest BCUT2D eigenvalue weighted by Gasteiger charge is 2.09. The molecule has 0 fully saturated rings. The molecule has 90 valence electrons. The highest BCUT2D eigenvalue weighted by atomic mass is 16.4. The second-order valence-electron chi connectivity index (χ2n) is 3.86. The van der Waals surface area contributed by atoms with Gasteiger partial charge in [0, 0.05) is 24.5 Å². The molecule has 3 rings (SSSR count). The molecule has 6 nitrogen and oxygen atoms in total. The van der Waals surface area contributed by atoms with Crippen molar-refractivity contribution < 1.29 is 14.3 Å². The number of aromatic carboxylic acids is 1. The molecule has 3 aromatic heterocycles. The minimum absolute atomic E-state index is 0.224. The van der Waals surface area contributed by atoms with Crippen molar-refractivity contribution in [2.24, 2.45) is 0 Å². The summed E-state index contributed by atoms with van der Waals surface area (Å²) in [6, 6.07) is 3.21. The first-order chi connectivity index (χ1) is 8.74. The van der Waals surface area contributed by atoms with Gasteiger partial charge in [0.2, 0.25) is 0 Å². The molecular weight excluding hydrogens is 234 g/mol. The van der Waals surface area contributed by atoms with E-state index in [0.717, 1.165) is 11.4 Å². The van der Waals surface area contributed by atoms with Crippen LogP contribution in [0.25, 0.3) is 5.65 Å². The lowest BCUT2D eigenvalue weighted by atomic mass is 10.2. The zero-order valence-corrected chi connectivity index (χ0v) is 9.28. The summed E-state index contributed by atoms with van der Waals surface area (Å²) in [5, 5.41) is 8.97. The van der Waals surface area contributed by atoms with Gasteiger partial charge >= 0.3 is 5.97 Å². The van der Waals surface area contributed by atoms with Crippen molar-refractivity contribution in [2.75, 3.05) is 0 Å². The quantitative estimate of drug-likeness (QED) is 0.755. The molecule has 0 aliphatic heterocycles. The van der Waals surface area contributed by atoms with E-state index in [1.807, 2.05) is 0 Å². The van der Waals surface area contributed by atoms with E-state index in [0.29, 0.717) is 12.1 Å². The van der Waals surface area contributed by atoms with Crippen LogP contribution in [0.1, 0.15) is 21.7 Å². The molecule has 0 atom stereocenters. The van der Waals surface area contributed by atoms with E-state index in [1.54, 1.807) is 29.1 Å². The fraction of sp³-hybridized carbons (Fsp3) is 0.0833. The van der Waals surface area contributed by atoms with E-state index in [2.05, 4.69) is 9.97 Å². The fourth-order valence-electron chi connectivity index (χ4n) is 1.80. The average Bonchev–Trinajstić information content (AvgIpc) is 2.99. The molecule has 0 saturated heterocycles. The number of hydrogen-bond donors (Lipinski definition) is 1. The van der Waals surface area contributed by atoms with E-state index < -0.39 is 5.97 Å². The molecule has 0 saturated carbocycles. The lowest BCUT2D eigenvalue weighted by molar-refractivity contribution is 0.0696. The van der Waals surface area contributed by atoms with Gasteiger partial charge in [-0.05, 0) is 12.1 Å². The third-order valence-corrected chi connectivity index (χ3v) is 2.67. The van der Waals surface area contributed by atoms with Crippen LogP contribution in [-0.2, 0) is 6.42 Å². The Bertz CT molecular complexity index is 701. The van der Waals surface area contributed by atoms with Gasteiger partial charge < -0.3 is 13.9 Å². The summed E-state index contributed by atoms with van der Waals surface area (Å²) in [5.74, 6) is -0.960. The molecular formula is C12H9N3O3. The fourth-order valence-corrected chi connectivity index (χ4v) is 1.80. The summed E-state index contributed by atoms with van der Waals surface area (Å²) in [7, 11) is 0. The Morgan fingerprint density at radius 1 is 1.39 bits per heavy atom. The SMILES string of the molecule is O=C(O)c1ccc2ncc(Cc3cocn3)n2c1. The largest absolute Gasteiger partial charge is 0.478 e. The zero-order chi connectivity index (χ0) is 12.5. The van der Waals surface area contributed by atoms with Gasteiger partial charge in [0.05, 0.1) is 11.3 Å². The first-order valence-electron chi connectivity index (χ1n) is 5.30. The van der Waals surface area contributed by atoms with Gasteiger partial charge in [-0.15, -0.1) is 0 Å². The van der Waals surface area contributed by atoms with Gasteiger partial charge in [-0.3, -0.25) is 0 Å². The van der Waals surface area contributed by atoms with Crippen LogP contribution in [0.2, 0.25) is 0 Å². The average molecular weight is 243 g/mol. The Labute approximate surface area is 102 Å². The number of imidazole rings is 1. The van der Waals surface area contributed by atoms with Crippen molar-refractivity contribution in [2.45, 2.75) is 6.42 Å². The maximum absolute atomic E-state index is 10.9. The van der Waals surface area contributed by atoms with E-state index in [1.165, 1.54) is 12.5 Å². The van der Waals surface area contributed by atoms with E-state index in [-0.39, 0.29) is 5.56 Å². The Morgan fingerprint density at radius 3 is 3.00 bits per heavy atom. The third-order valence-electron chi connectivity index (χ3n) is 2.67. The summed E-state index contributed by atoms with van der Waals surface area (Å²) in [4.78, 5) is 19.2. The smallest absolute Gasteiger partial charge is 0.337 e. The van der Waals surface area contributed by atoms with Crippen LogP contribution in [0.5, 0.6) is 0 Å². The number of carboxylic acids is 1. The lowest BCUT2D eigenvalue weighted by Gasteiger charge is -2.01. The van der Waals surface area contributed by atoms with E-state index >= 15 is 0 Å². The predicted octanol–water partition coefficient (Wildman–Crippen LogP) is 1.61. The van der Waals surface area contributed by atoms with Crippen LogP contribution < -0.4 is 0 Å². The normalized spacial score (nSPS) is 10.9. The molecule has 0 bridgehead atoms. The van der Waals surface area contributed by atoms with Crippen molar-refractivity contribution in [1.82, 2.24) is 14.4 Å². The summed E-state index contributed by atoms with van der Waals surface area (Å²) in [6.45, 7) is 0. The van der Waals surface area contributed by atoms with Crippen LogP contribution in [0.4, 0.5) is 0 Å². The Morgan fingerprint density at radius 2 is 2.28 bits per heavy atom. The summed E-state index contributed by atoms with van der Waals surface area (Å²) in [6.07, 6.45) is 6.72. The van der Waals surface area contributed by atoms with E-state index in [9.17, 15) is 4.79 Å². The number of oxazole rings is 1. The van der Waals surface area contributed by atoms with Crippen LogP contribution in [-0.4, -0.2) is 25.4 Å². The summed E-state index contributed by atoms with van der Waals surface area (Å²) < 4.78 is 6.65. The van der Waals surface area contributed by atoms with Crippen molar-refractivity contribution >= 4 is 11.6 Å². The van der Waals surface area contributed by atoms with Gasteiger partial charge in [-0.2, -0.15) is 0 Å². The van der Waals surface area contributed by atoms with Crippen molar-refractivity contribution in [1.29, 1.82) is 0 Å². The molecule has 6 heteroatoms. The van der Waals surface area contributed by atoms with Crippen molar-refractivity contribution in [3.05, 3.63) is 54.1 Å². The third kappa shape index (κ3) is 1.73. The van der Waals surface area contributed by atoms with Crippen molar-refractivity contribution in [3.8, 4) is 0 Å². The molecule has 0 aliphatic rings. The monoisotopic (exact) mass is 243 g/mol. The second-order valence-corrected chi connectivity index (χ2v) is 3.86.